The first kappa shape index (κ1) is 25.9. The molecule has 0 saturated carbocycles. The van der Waals surface area contributed by atoms with Crippen LogP contribution in [0, 0.1) is 0 Å². The smallest absolute Gasteiger partial charge is 0.326 e. The molecule has 162 valence electrons. The van der Waals surface area contributed by atoms with Crippen LogP contribution in [0.3, 0.4) is 0 Å². The van der Waals surface area contributed by atoms with Gasteiger partial charge >= 0.3 is 11.9 Å². The van der Waals surface area contributed by atoms with Gasteiger partial charge in [0.15, 0.2) is 0 Å². The molecule has 2 atom stereocenters. The second-order valence-electron chi connectivity index (χ2n) is 7.20. The van der Waals surface area contributed by atoms with E-state index < -0.39 is 29.9 Å². The van der Waals surface area contributed by atoms with Crippen molar-refractivity contribution in [1.29, 1.82) is 0 Å². The van der Waals surface area contributed by atoms with Crippen LogP contribution in [0.5, 0.6) is 0 Å². The fourth-order valence-corrected chi connectivity index (χ4v) is 2.80. The van der Waals surface area contributed by atoms with E-state index in [-0.39, 0.29) is 18.7 Å². The molecule has 0 fully saturated rings. The number of carbonyl (C=O) groups is 4. The Morgan fingerprint density at radius 3 is 1.82 bits per heavy atom. The molecule has 0 radical (unpaired) electrons. The molecule has 0 unspecified atom stereocenters. The minimum atomic E-state index is -1.30. The molecule has 8 nitrogen and oxygen atoms in total. The summed E-state index contributed by atoms with van der Waals surface area (Å²) >= 11 is 0. The Kier molecular flexibility index (Phi) is 14.7. The summed E-state index contributed by atoms with van der Waals surface area (Å²) in [7, 11) is 0. The molecule has 0 saturated heterocycles. The summed E-state index contributed by atoms with van der Waals surface area (Å²) < 4.78 is 0. The van der Waals surface area contributed by atoms with E-state index in [1.54, 1.807) is 0 Å². The first-order valence-electron chi connectivity index (χ1n) is 10.3. The van der Waals surface area contributed by atoms with Crippen molar-refractivity contribution < 1.29 is 29.4 Å². The monoisotopic (exact) mass is 400 g/mol. The number of rotatable bonds is 17. The summed E-state index contributed by atoms with van der Waals surface area (Å²) in [4.78, 5) is 45.6. The van der Waals surface area contributed by atoms with Crippen molar-refractivity contribution in [1.82, 2.24) is 10.6 Å². The lowest BCUT2D eigenvalue weighted by molar-refractivity contribution is -0.143. The largest absolute Gasteiger partial charge is 0.481 e. The van der Waals surface area contributed by atoms with Crippen LogP contribution in [0.2, 0.25) is 0 Å². The first-order chi connectivity index (χ1) is 13.3. The van der Waals surface area contributed by atoms with Crippen molar-refractivity contribution in [3.8, 4) is 0 Å². The highest BCUT2D eigenvalue weighted by Gasteiger charge is 2.24. The topological polar surface area (TPSA) is 133 Å². The quantitative estimate of drug-likeness (QED) is 0.278. The molecule has 0 aliphatic heterocycles. The SMILES string of the molecule is CCCCCCCCCCCC(=O)N[C@@H](C)C(=O)N[C@H](CCC(=O)O)C(=O)O. The number of unbranched alkanes of at least 4 members (excludes halogenated alkanes) is 8. The van der Waals surface area contributed by atoms with Crippen LogP contribution >= 0.6 is 0 Å². The summed E-state index contributed by atoms with van der Waals surface area (Å²) in [6.07, 6.45) is 10.1. The Morgan fingerprint density at radius 1 is 0.786 bits per heavy atom. The van der Waals surface area contributed by atoms with E-state index >= 15 is 0 Å². The zero-order valence-electron chi connectivity index (χ0n) is 17.2. The van der Waals surface area contributed by atoms with Crippen molar-refractivity contribution in [3.05, 3.63) is 0 Å². The summed E-state index contributed by atoms with van der Waals surface area (Å²) in [5, 5.41) is 22.5. The van der Waals surface area contributed by atoms with E-state index in [1.807, 2.05) is 0 Å². The molecule has 0 heterocycles. The van der Waals surface area contributed by atoms with E-state index in [9.17, 15) is 19.2 Å². The fraction of sp³-hybridized carbons (Fsp3) is 0.800. The van der Waals surface area contributed by atoms with Crippen molar-refractivity contribution >= 4 is 23.8 Å². The van der Waals surface area contributed by atoms with E-state index in [4.69, 9.17) is 10.2 Å². The van der Waals surface area contributed by atoms with Gasteiger partial charge in [-0.3, -0.25) is 14.4 Å². The van der Waals surface area contributed by atoms with Gasteiger partial charge in [0.2, 0.25) is 11.8 Å². The van der Waals surface area contributed by atoms with Crippen LogP contribution in [0.1, 0.15) is 90.9 Å². The number of aliphatic carboxylic acids is 2. The Hall–Kier alpha value is -2.12. The van der Waals surface area contributed by atoms with Crippen LogP contribution in [0.4, 0.5) is 0 Å². The molecule has 0 aliphatic rings. The second-order valence-corrected chi connectivity index (χ2v) is 7.20. The van der Waals surface area contributed by atoms with Gasteiger partial charge in [0.25, 0.3) is 0 Å². The molecule has 0 bridgehead atoms. The first-order valence-corrected chi connectivity index (χ1v) is 10.3. The van der Waals surface area contributed by atoms with Crippen LogP contribution in [0.15, 0.2) is 0 Å². The van der Waals surface area contributed by atoms with Gasteiger partial charge in [0.05, 0.1) is 0 Å². The van der Waals surface area contributed by atoms with E-state index in [2.05, 4.69) is 17.6 Å². The maximum absolute atomic E-state index is 12.0. The number of carbonyl (C=O) groups excluding carboxylic acids is 2. The number of hydrogen-bond acceptors (Lipinski definition) is 4. The van der Waals surface area contributed by atoms with Crippen molar-refractivity contribution in [2.75, 3.05) is 0 Å². The van der Waals surface area contributed by atoms with Crippen LogP contribution < -0.4 is 10.6 Å². The second kappa shape index (κ2) is 15.9. The number of carboxylic acid groups (broad SMARTS) is 2. The lowest BCUT2D eigenvalue weighted by atomic mass is 10.1. The molecule has 8 heteroatoms. The third-order valence-corrected chi connectivity index (χ3v) is 4.54. The Balaban J connectivity index is 3.97. The number of nitrogens with one attached hydrogen (secondary N) is 2. The lowest BCUT2D eigenvalue weighted by Crippen LogP contribution is -2.50. The molecular formula is C20H36N2O6. The number of hydrogen-bond donors (Lipinski definition) is 4. The minimum absolute atomic E-state index is 0.213. The molecule has 0 aromatic heterocycles. The molecular weight excluding hydrogens is 364 g/mol. The van der Waals surface area contributed by atoms with Crippen LogP contribution in [-0.2, 0) is 19.2 Å². The predicted octanol–water partition coefficient (Wildman–Crippen LogP) is 2.85. The lowest BCUT2D eigenvalue weighted by Gasteiger charge is -2.18. The van der Waals surface area contributed by atoms with Crippen LogP contribution in [-0.4, -0.2) is 46.0 Å². The maximum Gasteiger partial charge on any atom is 0.326 e. The average Bonchev–Trinajstić information content (AvgIpc) is 2.63. The molecule has 0 aromatic rings. The Bertz CT molecular complexity index is 495. The van der Waals surface area contributed by atoms with Gasteiger partial charge in [-0.15, -0.1) is 0 Å². The summed E-state index contributed by atoms with van der Waals surface area (Å²) in [5.41, 5.74) is 0. The number of amides is 2. The van der Waals surface area contributed by atoms with Gasteiger partial charge in [0, 0.05) is 12.8 Å². The molecule has 2 amide bonds. The summed E-state index contributed by atoms with van der Waals surface area (Å²) in [6.45, 7) is 3.67. The third-order valence-electron chi connectivity index (χ3n) is 4.54. The number of carboxylic acids is 2. The fourth-order valence-electron chi connectivity index (χ4n) is 2.80. The minimum Gasteiger partial charge on any atom is -0.481 e. The third kappa shape index (κ3) is 14.0. The highest BCUT2D eigenvalue weighted by molar-refractivity contribution is 5.90. The van der Waals surface area contributed by atoms with E-state index in [0.717, 1.165) is 19.3 Å². The zero-order valence-corrected chi connectivity index (χ0v) is 17.2. The normalized spacial score (nSPS) is 12.8. The highest BCUT2D eigenvalue weighted by atomic mass is 16.4. The molecule has 28 heavy (non-hydrogen) atoms. The standard InChI is InChI=1S/C20H36N2O6/c1-3-4-5-6-7-8-9-10-11-12-17(23)21-15(2)19(26)22-16(20(27)28)13-14-18(24)25/h15-16H,3-14H2,1-2H3,(H,21,23)(H,22,26)(H,24,25)(H,27,28)/t15-,16+/m0/s1. The van der Waals surface area contributed by atoms with Crippen molar-refractivity contribution in [2.24, 2.45) is 0 Å². The maximum atomic E-state index is 12.0. The summed E-state index contributed by atoms with van der Waals surface area (Å²) in [5.74, 6) is -3.33. The summed E-state index contributed by atoms with van der Waals surface area (Å²) in [6, 6.07) is -2.17. The van der Waals surface area contributed by atoms with Crippen molar-refractivity contribution in [2.45, 2.75) is 103 Å². The van der Waals surface area contributed by atoms with Gasteiger partial charge in [-0.05, 0) is 19.8 Å². The van der Waals surface area contributed by atoms with Gasteiger partial charge in [-0.25, -0.2) is 4.79 Å². The zero-order chi connectivity index (χ0) is 21.4. The highest BCUT2D eigenvalue weighted by Crippen LogP contribution is 2.10. The Labute approximate surface area is 167 Å². The van der Waals surface area contributed by atoms with Gasteiger partial charge in [0.1, 0.15) is 12.1 Å². The van der Waals surface area contributed by atoms with Gasteiger partial charge < -0.3 is 20.8 Å². The molecule has 0 spiro atoms. The average molecular weight is 401 g/mol. The molecule has 0 rings (SSSR count). The molecule has 0 aromatic carbocycles. The molecule has 0 aliphatic carbocycles. The predicted molar refractivity (Wildman–Crippen MR) is 106 cm³/mol. The Morgan fingerprint density at radius 2 is 1.32 bits per heavy atom. The van der Waals surface area contributed by atoms with Gasteiger partial charge in [-0.1, -0.05) is 58.3 Å². The van der Waals surface area contributed by atoms with Crippen molar-refractivity contribution in [3.63, 3.8) is 0 Å². The van der Waals surface area contributed by atoms with E-state index in [0.29, 0.717) is 6.42 Å². The van der Waals surface area contributed by atoms with Crippen LogP contribution in [0.25, 0.3) is 0 Å². The van der Waals surface area contributed by atoms with Gasteiger partial charge in [-0.2, -0.15) is 0 Å². The molecule has 4 N–H and O–H groups in total. The van der Waals surface area contributed by atoms with E-state index in [1.165, 1.54) is 45.4 Å².